The van der Waals surface area contributed by atoms with Crippen LogP contribution in [0, 0.1) is 20.2 Å². The van der Waals surface area contributed by atoms with Crippen molar-refractivity contribution in [3.8, 4) is 0 Å². The van der Waals surface area contributed by atoms with E-state index >= 15 is 0 Å². The fourth-order valence-corrected chi connectivity index (χ4v) is 3.81. The van der Waals surface area contributed by atoms with E-state index in [-0.39, 0.29) is 91.7 Å². The number of benzene rings is 2. The number of para-hydroxylation sites is 2. The van der Waals surface area contributed by atoms with Crippen LogP contribution >= 0.6 is 0 Å². The second-order valence-corrected chi connectivity index (χ2v) is 8.18. The summed E-state index contributed by atoms with van der Waals surface area (Å²) >= 11 is 0. The molecule has 0 spiro atoms. The Bertz CT molecular complexity index is 1190. The molecule has 1 aliphatic heterocycles. The van der Waals surface area contributed by atoms with Crippen LogP contribution in [-0.2, 0) is 17.1 Å². The molecule has 14 nitrogen and oxygen atoms in total. The number of carbonyl (C=O) groups is 2. The summed E-state index contributed by atoms with van der Waals surface area (Å²) in [7, 11) is 0. The largest absolute Gasteiger partial charge is 2.00 e. The number of rotatable bonds is 4. The first-order valence-corrected chi connectivity index (χ1v) is 11.6. The van der Waals surface area contributed by atoms with Gasteiger partial charge in [-0.1, -0.05) is 24.3 Å². The maximum absolute atomic E-state index is 13.0. The molecule has 15 heteroatoms. The molecule has 2 aromatic carbocycles. The minimum Gasteiger partial charge on any atom is -0.862 e. The van der Waals surface area contributed by atoms with Gasteiger partial charge in [-0.2, -0.15) is 0 Å². The van der Waals surface area contributed by atoms with Gasteiger partial charge in [0.2, 0.25) is 0 Å². The number of carbonyl (C=O) groups excluding carboxylic acids is 2. The van der Waals surface area contributed by atoms with Gasteiger partial charge < -0.3 is 30.0 Å². The van der Waals surface area contributed by atoms with Crippen molar-refractivity contribution in [1.82, 2.24) is 9.80 Å². The predicted molar refractivity (Wildman–Crippen MR) is 132 cm³/mol. The monoisotopic (exact) mass is 587 g/mol. The Morgan fingerprint density at radius 3 is 1.38 bits per heavy atom. The second-order valence-electron chi connectivity index (χ2n) is 8.18. The van der Waals surface area contributed by atoms with E-state index < -0.39 is 33.5 Å². The van der Waals surface area contributed by atoms with Gasteiger partial charge in [0.25, 0.3) is 23.2 Å². The summed E-state index contributed by atoms with van der Waals surface area (Å²) in [6.07, 6.45) is -0.392. The molecule has 2 aromatic rings. The van der Waals surface area contributed by atoms with Gasteiger partial charge in [-0.05, 0) is 36.8 Å². The van der Waals surface area contributed by atoms with Crippen molar-refractivity contribution in [1.29, 1.82) is 0 Å². The molecule has 2 amide bonds. The standard InChI is InChI=1S/C24H26N6O8.Cu/c31-21-9-13-27(23(33)17-5-1-3-7-19(17)29(35)36)15-11-25-22(32)10-14-28(16-12-26-21)24(34)18-6-2-4-8-20(18)30(37)38;/h1-8H,9-16H2,(H,25,32)(H,26,31);/q;+2/p-2. The SMILES string of the molecule is O=C(c1ccccc1[N+](=O)[O-])N1CCN=C([O-])CCN(C(=O)c2ccccc2[N+](=O)[O-])CCN=C([O-])CC1.[Cu+2]. The van der Waals surface area contributed by atoms with E-state index in [2.05, 4.69) is 9.98 Å². The number of nitro benzene ring substituents is 2. The van der Waals surface area contributed by atoms with Crippen LogP contribution in [0.5, 0.6) is 0 Å². The van der Waals surface area contributed by atoms with Gasteiger partial charge in [-0.25, -0.2) is 0 Å². The summed E-state index contributed by atoms with van der Waals surface area (Å²) in [6.45, 7) is -0.652. The zero-order valence-electron chi connectivity index (χ0n) is 20.5. The molecular weight excluding hydrogens is 564 g/mol. The van der Waals surface area contributed by atoms with E-state index in [0.717, 1.165) is 0 Å². The van der Waals surface area contributed by atoms with E-state index in [1.54, 1.807) is 0 Å². The van der Waals surface area contributed by atoms with Crippen LogP contribution in [0.1, 0.15) is 33.6 Å². The number of hydrogen-bond acceptors (Lipinski definition) is 10. The van der Waals surface area contributed by atoms with Gasteiger partial charge in [0.15, 0.2) is 0 Å². The Balaban J connectivity index is 0.00000533. The first-order chi connectivity index (χ1) is 18.2. The molecule has 1 radical (unpaired) electrons. The first-order valence-electron chi connectivity index (χ1n) is 11.6. The Hall–Kier alpha value is -4.36. The maximum atomic E-state index is 13.0. The number of nitro groups is 2. The van der Waals surface area contributed by atoms with E-state index in [4.69, 9.17) is 0 Å². The number of hydrogen-bond donors (Lipinski definition) is 0. The quantitative estimate of drug-likeness (QED) is 0.278. The molecule has 0 aromatic heterocycles. The van der Waals surface area contributed by atoms with Crippen LogP contribution in [0.4, 0.5) is 11.4 Å². The summed E-state index contributed by atoms with van der Waals surface area (Å²) < 4.78 is 0. The van der Waals surface area contributed by atoms with Crippen LogP contribution in [-0.4, -0.2) is 82.5 Å². The van der Waals surface area contributed by atoms with Crippen LogP contribution in [0.25, 0.3) is 0 Å². The van der Waals surface area contributed by atoms with Crippen LogP contribution in [0.3, 0.4) is 0 Å². The molecule has 1 aliphatic rings. The third kappa shape index (κ3) is 8.31. The molecule has 39 heavy (non-hydrogen) atoms. The molecule has 0 saturated heterocycles. The molecule has 0 N–H and O–H groups in total. The maximum Gasteiger partial charge on any atom is 2.00 e. The van der Waals surface area contributed by atoms with Crippen LogP contribution in [0.2, 0.25) is 0 Å². The van der Waals surface area contributed by atoms with E-state index in [1.165, 1.54) is 58.3 Å². The Morgan fingerprint density at radius 2 is 1.03 bits per heavy atom. The van der Waals surface area contributed by atoms with Gasteiger partial charge in [0.05, 0.1) is 22.9 Å². The predicted octanol–water partition coefficient (Wildman–Crippen LogP) is 0.396. The molecule has 1 heterocycles. The van der Waals surface area contributed by atoms with E-state index in [9.17, 15) is 40.0 Å². The zero-order valence-corrected chi connectivity index (χ0v) is 21.5. The van der Waals surface area contributed by atoms with Crippen molar-refractivity contribution < 1.29 is 46.7 Å². The fourth-order valence-electron chi connectivity index (χ4n) is 3.81. The molecule has 0 atom stereocenters. The number of amides is 2. The molecule has 0 aliphatic carbocycles. The van der Waals surface area contributed by atoms with Crippen molar-refractivity contribution in [2.45, 2.75) is 12.8 Å². The van der Waals surface area contributed by atoms with Crippen molar-refractivity contribution in [3.05, 3.63) is 79.9 Å². The summed E-state index contributed by atoms with van der Waals surface area (Å²) in [6, 6.07) is 10.8. The second kappa shape index (κ2) is 14.5. The van der Waals surface area contributed by atoms with Gasteiger partial charge in [0.1, 0.15) is 11.1 Å². The zero-order chi connectivity index (χ0) is 27.7. The molecule has 209 valence electrons. The van der Waals surface area contributed by atoms with E-state index in [0.29, 0.717) is 0 Å². The van der Waals surface area contributed by atoms with Crippen LogP contribution in [0.15, 0.2) is 58.5 Å². The Kier molecular flexibility index (Phi) is 11.5. The van der Waals surface area contributed by atoms with Crippen molar-refractivity contribution in [3.63, 3.8) is 0 Å². The summed E-state index contributed by atoms with van der Waals surface area (Å²) in [5.41, 5.74) is -1.08. The van der Waals surface area contributed by atoms with Gasteiger partial charge >= 0.3 is 17.1 Å². The number of nitrogens with zero attached hydrogens (tertiary/aromatic N) is 6. The van der Waals surface area contributed by atoms with Gasteiger partial charge in [-0.3, -0.25) is 29.8 Å². The molecule has 3 rings (SSSR count). The normalized spacial score (nSPS) is 15.2. The van der Waals surface area contributed by atoms with Gasteiger partial charge in [0, 0.05) is 38.3 Å². The van der Waals surface area contributed by atoms with Gasteiger partial charge in [-0.15, -0.1) is 0 Å². The average Bonchev–Trinajstić information content (AvgIpc) is 2.91. The molecular formula is C24H24CuN6O8. The smallest absolute Gasteiger partial charge is 0.862 e. The summed E-state index contributed by atoms with van der Waals surface area (Å²) in [5, 5.41) is 47.5. The topological polar surface area (TPSA) is 198 Å². The molecule has 0 unspecified atom stereocenters. The molecule has 0 fully saturated rings. The summed E-state index contributed by atoms with van der Waals surface area (Å²) in [4.78, 5) is 57.6. The molecule has 0 bridgehead atoms. The fraction of sp³-hybridized carbons (Fsp3) is 0.333. The third-order valence-corrected chi connectivity index (χ3v) is 5.74. The van der Waals surface area contributed by atoms with E-state index in [1.807, 2.05) is 0 Å². The van der Waals surface area contributed by atoms with Crippen LogP contribution < -0.4 is 10.2 Å². The average molecular weight is 588 g/mol. The van der Waals surface area contributed by atoms with Crippen molar-refractivity contribution >= 4 is 35.0 Å². The minimum atomic E-state index is -0.680. The number of aliphatic imine (C=N–C) groups is 2. The summed E-state index contributed by atoms with van der Waals surface area (Å²) in [5.74, 6) is -2.48. The minimum absolute atomic E-state index is 0. The van der Waals surface area contributed by atoms with Crippen molar-refractivity contribution in [2.24, 2.45) is 9.98 Å². The first kappa shape index (κ1) is 30.9. The van der Waals surface area contributed by atoms with Crippen molar-refractivity contribution in [2.75, 3.05) is 39.3 Å². The third-order valence-electron chi connectivity index (χ3n) is 5.74. The molecule has 0 saturated carbocycles. The Morgan fingerprint density at radius 1 is 0.667 bits per heavy atom. The Labute approximate surface area is 233 Å².